The minimum absolute atomic E-state index is 0.639. The molecule has 0 saturated carbocycles. The normalized spacial score (nSPS) is 14.4. The van der Waals surface area contributed by atoms with Gasteiger partial charge in [0, 0.05) is 11.6 Å². The summed E-state index contributed by atoms with van der Waals surface area (Å²) < 4.78 is 13.1. The van der Waals surface area contributed by atoms with Crippen molar-refractivity contribution in [3.8, 4) is 17.0 Å². The molecule has 1 saturated heterocycles. The van der Waals surface area contributed by atoms with Gasteiger partial charge in [-0.25, -0.2) is 0 Å². The molecule has 0 unspecified atom stereocenters. The summed E-state index contributed by atoms with van der Waals surface area (Å²) in [7, 11) is 1.66. The molecule has 0 N–H and O–H groups in total. The number of benzene rings is 2. The van der Waals surface area contributed by atoms with Gasteiger partial charge in [0.1, 0.15) is 23.0 Å². The molecular weight excluding hydrogens is 446 g/mol. The number of nitrogens with zero attached hydrogens (tertiary/aromatic N) is 5. The van der Waals surface area contributed by atoms with E-state index in [4.69, 9.17) is 9.26 Å². The molecule has 0 spiro atoms. The lowest BCUT2D eigenvalue weighted by Gasteiger charge is -2.26. The van der Waals surface area contributed by atoms with Crippen molar-refractivity contribution < 1.29 is 9.26 Å². The molecule has 34 heavy (non-hydrogen) atoms. The van der Waals surface area contributed by atoms with Crippen molar-refractivity contribution in [2.75, 3.05) is 20.2 Å². The van der Waals surface area contributed by atoms with E-state index in [0.29, 0.717) is 5.75 Å². The van der Waals surface area contributed by atoms with Crippen molar-refractivity contribution in [1.82, 2.24) is 24.8 Å². The molecule has 0 amide bonds. The Kier molecular flexibility index (Phi) is 7.26. The summed E-state index contributed by atoms with van der Waals surface area (Å²) in [5.74, 6) is 3.29. The Morgan fingerprint density at radius 3 is 2.50 bits per heavy atom. The highest BCUT2D eigenvalue weighted by Gasteiger charge is 2.19. The van der Waals surface area contributed by atoms with Crippen LogP contribution in [0.3, 0.4) is 0 Å². The molecule has 4 aromatic rings. The first-order chi connectivity index (χ1) is 16.8. The van der Waals surface area contributed by atoms with Crippen molar-refractivity contribution in [2.24, 2.45) is 0 Å². The molecule has 0 atom stereocenters. The van der Waals surface area contributed by atoms with Crippen LogP contribution in [-0.2, 0) is 18.8 Å². The van der Waals surface area contributed by atoms with Crippen molar-refractivity contribution in [3.05, 3.63) is 77.8 Å². The van der Waals surface area contributed by atoms with Crippen LogP contribution in [0.5, 0.6) is 5.75 Å². The lowest BCUT2D eigenvalue weighted by molar-refractivity contribution is 0.213. The molecule has 2 aromatic heterocycles. The predicted molar refractivity (Wildman–Crippen MR) is 133 cm³/mol. The third kappa shape index (κ3) is 5.51. The number of piperidine rings is 1. The Hall–Kier alpha value is -3.10. The topological polar surface area (TPSA) is 69.2 Å². The van der Waals surface area contributed by atoms with E-state index in [0.717, 1.165) is 59.9 Å². The first-order valence-electron chi connectivity index (χ1n) is 11.7. The van der Waals surface area contributed by atoms with Gasteiger partial charge in [0.05, 0.1) is 26.0 Å². The first kappa shape index (κ1) is 22.7. The molecule has 176 valence electrons. The van der Waals surface area contributed by atoms with Gasteiger partial charge in [0.2, 0.25) is 0 Å². The maximum Gasteiger partial charge on any atom is 0.192 e. The van der Waals surface area contributed by atoms with Gasteiger partial charge in [-0.2, -0.15) is 0 Å². The van der Waals surface area contributed by atoms with Crippen LogP contribution in [0.1, 0.15) is 36.4 Å². The molecule has 7 nitrogen and oxygen atoms in total. The van der Waals surface area contributed by atoms with E-state index in [9.17, 15) is 0 Å². The molecule has 0 aliphatic carbocycles. The van der Waals surface area contributed by atoms with E-state index < -0.39 is 0 Å². The molecule has 0 bridgehead atoms. The lowest BCUT2D eigenvalue weighted by atomic mass is 10.1. The summed E-state index contributed by atoms with van der Waals surface area (Å²) in [6, 6.07) is 20.3. The number of likely N-dealkylation sites (tertiary alicyclic amines) is 1. The van der Waals surface area contributed by atoms with Crippen LogP contribution < -0.4 is 4.74 Å². The molecule has 2 aromatic carbocycles. The Morgan fingerprint density at radius 1 is 0.941 bits per heavy atom. The van der Waals surface area contributed by atoms with E-state index in [2.05, 4.69) is 49.1 Å². The quantitative estimate of drug-likeness (QED) is 0.306. The SMILES string of the molecule is COc1ccc(-c2cc(CSc3nnc(CN4CCCCC4)n3Cc3ccccc3)on2)cc1. The standard InChI is InChI=1S/C26H29N5O2S/c1-32-22-12-10-21(11-13-22)24-16-23(33-29-24)19-34-26-28-27-25(18-30-14-6-3-7-15-30)31(26)17-20-8-4-2-5-9-20/h2,4-5,8-13,16H,3,6-7,14-15,17-19H2,1H3. The first-order valence-corrected chi connectivity index (χ1v) is 12.7. The van der Waals surface area contributed by atoms with Crippen LogP contribution in [0.25, 0.3) is 11.3 Å². The molecular formula is C26H29N5O2S. The van der Waals surface area contributed by atoms with E-state index >= 15 is 0 Å². The second-order valence-electron chi connectivity index (χ2n) is 8.50. The number of hydrogen-bond acceptors (Lipinski definition) is 7. The zero-order chi connectivity index (χ0) is 23.2. The second-order valence-corrected chi connectivity index (χ2v) is 9.45. The van der Waals surface area contributed by atoms with Crippen molar-refractivity contribution in [3.63, 3.8) is 0 Å². The third-order valence-corrected chi connectivity index (χ3v) is 7.07. The van der Waals surface area contributed by atoms with E-state index in [1.54, 1.807) is 18.9 Å². The Labute approximate surface area is 204 Å². The molecule has 5 rings (SSSR count). The third-order valence-electron chi connectivity index (χ3n) is 6.08. The van der Waals surface area contributed by atoms with E-state index in [1.807, 2.05) is 36.4 Å². The minimum Gasteiger partial charge on any atom is -0.497 e. The van der Waals surface area contributed by atoms with Gasteiger partial charge in [-0.05, 0) is 55.8 Å². The second kappa shape index (κ2) is 10.9. The van der Waals surface area contributed by atoms with Crippen LogP contribution in [-0.4, -0.2) is 45.0 Å². The molecule has 1 fully saturated rings. The fraction of sp³-hybridized carbons (Fsp3) is 0.346. The summed E-state index contributed by atoms with van der Waals surface area (Å²) in [6.07, 6.45) is 3.84. The number of hydrogen-bond donors (Lipinski definition) is 0. The molecule has 0 radical (unpaired) electrons. The average Bonchev–Trinajstić information content (AvgIpc) is 3.51. The zero-order valence-corrected chi connectivity index (χ0v) is 20.2. The molecule has 8 heteroatoms. The summed E-state index contributed by atoms with van der Waals surface area (Å²) >= 11 is 1.63. The van der Waals surface area contributed by atoms with Gasteiger partial charge < -0.3 is 13.8 Å². The average molecular weight is 476 g/mol. The van der Waals surface area contributed by atoms with Crippen molar-refractivity contribution >= 4 is 11.8 Å². The maximum atomic E-state index is 5.62. The lowest BCUT2D eigenvalue weighted by Crippen LogP contribution is -2.30. The largest absolute Gasteiger partial charge is 0.497 e. The summed E-state index contributed by atoms with van der Waals surface area (Å²) in [6.45, 7) is 3.86. The number of thioether (sulfide) groups is 1. The monoisotopic (exact) mass is 475 g/mol. The molecule has 3 heterocycles. The number of rotatable bonds is 9. The van der Waals surface area contributed by atoms with Gasteiger partial charge in [-0.15, -0.1) is 10.2 Å². The highest BCUT2D eigenvalue weighted by molar-refractivity contribution is 7.98. The number of methoxy groups -OCH3 is 1. The van der Waals surface area contributed by atoms with Gasteiger partial charge in [-0.1, -0.05) is 53.7 Å². The number of ether oxygens (including phenoxy) is 1. The van der Waals surface area contributed by atoms with Crippen LogP contribution in [0.2, 0.25) is 0 Å². The van der Waals surface area contributed by atoms with Crippen LogP contribution >= 0.6 is 11.8 Å². The highest BCUT2D eigenvalue weighted by Crippen LogP contribution is 2.27. The summed E-state index contributed by atoms with van der Waals surface area (Å²) in [4.78, 5) is 2.49. The van der Waals surface area contributed by atoms with Crippen LogP contribution in [0.4, 0.5) is 0 Å². The van der Waals surface area contributed by atoms with Crippen LogP contribution in [0.15, 0.2) is 70.3 Å². The maximum absolute atomic E-state index is 5.62. The predicted octanol–water partition coefficient (Wildman–Crippen LogP) is 5.27. The fourth-order valence-electron chi connectivity index (χ4n) is 4.20. The smallest absolute Gasteiger partial charge is 0.192 e. The van der Waals surface area contributed by atoms with Crippen molar-refractivity contribution in [1.29, 1.82) is 0 Å². The minimum atomic E-state index is 0.639. The van der Waals surface area contributed by atoms with Gasteiger partial charge >= 0.3 is 0 Å². The number of aromatic nitrogens is 4. The van der Waals surface area contributed by atoms with E-state index in [-0.39, 0.29) is 0 Å². The Balaban J connectivity index is 1.31. The van der Waals surface area contributed by atoms with Crippen molar-refractivity contribution in [2.45, 2.75) is 43.3 Å². The summed E-state index contributed by atoms with van der Waals surface area (Å²) in [5, 5.41) is 14.3. The highest BCUT2D eigenvalue weighted by atomic mass is 32.2. The van der Waals surface area contributed by atoms with Gasteiger partial charge in [0.15, 0.2) is 5.16 Å². The van der Waals surface area contributed by atoms with Gasteiger partial charge in [0.25, 0.3) is 0 Å². The molecule has 1 aliphatic rings. The Bertz CT molecular complexity index is 1180. The van der Waals surface area contributed by atoms with Crippen LogP contribution in [0, 0.1) is 0 Å². The summed E-state index contributed by atoms with van der Waals surface area (Å²) in [5.41, 5.74) is 3.05. The fourth-order valence-corrected chi connectivity index (χ4v) is 5.03. The Morgan fingerprint density at radius 2 is 1.74 bits per heavy atom. The van der Waals surface area contributed by atoms with Gasteiger partial charge in [-0.3, -0.25) is 4.90 Å². The molecule has 1 aliphatic heterocycles. The van der Waals surface area contributed by atoms with E-state index in [1.165, 1.54) is 24.8 Å². The zero-order valence-electron chi connectivity index (χ0n) is 19.4.